The number of amidine groups is 1. The van der Waals surface area contributed by atoms with E-state index in [1.807, 2.05) is 18.2 Å². The summed E-state index contributed by atoms with van der Waals surface area (Å²) in [7, 11) is 0. The lowest BCUT2D eigenvalue weighted by Gasteiger charge is -2.48. The molecule has 30 heavy (non-hydrogen) atoms. The molecule has 0 amide bonds. The first kappa shape index (κ1) is 19.3. The summed E-state index contributed by atoms with van der Waals surface area (Å²) in [5.41, 5.74) is 7.39. The molecule has 2 N–H and O–H groups in total. The molecule has 1 aromatic carbocycles. The molecule has 0 unspecified atom stereocenters. The second-order valence-electron chi connectivity index (χ2n) is 8.60. The molecule has 0 saturated heterocycles. The first-order valence-corrected chi connectivity index (χ1v) is 10.5. The first-order valence-electron chi connectivity index (χ1n) is 10.5. The summed E-state index contributed by atoms with van der Waals surface area (Å²) in [4.78, 5) is 8.59. The van der Waals surface area contributed by atoms with E-state index in [1.54, 1.807) is 12.1 Å². The largest absolute Gasteiger partial charge is 0.490 e. The summed E-state index contributed by atoms with van der Waals surface area (Å²) in [6.45, 7) is 4.46. The Hall–Kier alpha value is -2.67. The molecule has 1 fully saturated rings. The first-order chi connectivity index (χ1) is 14.5. The van der Waals surface area contributed by atoms with Crippen molar-refractivity contribution in [1.82, 2.24) is 4.98 Å². The Kier molecular flexibility index (Phi) is 4.65. The van der Waals surface area contributed by atoms with Crippen LogP contribution in [0.2, 0.25) is 0 Å². The number of aromatic nitrogens is 1. The number of fused-ring (bicyclic) bond motifs is 4. The zero-order valence-electron chi connectivity index (χ0n) is 17.2. The lowest BCUT2D eigenvalue weighted by molar-refractivity contribution is -0.0791. The van der Waals surface area contributed by atoms with Crippen LogP contribution in [0.15, 0.2) is 41.5 Å². The number of hydrogen-bond acceptors (Lipinski definition) is 6. The number of aliphatic imine (C=N–C) groups is 1. The average Bonchev–Trinajstić information content (AvgIpc) is 3.11. The van der Waals surface area contributed by atoms with E-state index < -0.39 is 11.5 Å². The van der Waals surface area contributed by atoms with Crippen LogP contribution in [0, 0.1) is 11.9 Å². The molecule has 2 aliphatic heterocycles. The van der Waals surface area contributed by atoms with Crippen LogP contribution in [0.1, 0.15) is 38.7 Å². The average molecular weight is 411 g/mol. The van der Waals surface area contributed by atoms with Crippen LogP contribution in [-0.4, -0.2) is 35.9 Å². The quantitative estimate of drug-likeness (QED) is 0.778. The monoisotopic (exact) mass is 411 g/mol. The maximum absolute atomic E-state index is 14.3. The van der Waals surface area contributed by atoms with Gasteiger partial charge in [0, 0.05) is 23.2 Å². The van der Waals surface area contributed by atoms with Crippen LogP contribution in [0.25, 0.3) is 11.1 Å². The summed E-state index contributed by atoms with van der Waals surface area (Å²) in [5, 5.41) is 0. The van der Waals surface area contributed by atoms with E-state index in [0.29, 0.717) is 12.2 Å². The molecule has 158 valence electrons. The van der Waals surface area contributed by atoms with Crippen LogP contribution in [0.4, 0.5) is 4.39 Å². The van der Waals surface area contributed by atoms with Gasteiger partial charge in [-0.05, 0) is 62.9 Å². The number of nitrogens with zero attached hydrogens (tertiary/aromatic N) is 2. The molecule has 3 aliphatic rings. The van der Waals surface area contributed by atoms with Crippen molar-refractivity contribution in [3.63, 3.8) is 0 Å². The summed E-state index contributed by atoms with van der Waals surface area (Å²) < 4.78 is 32.6. The van der Waals surface area contributed by atoms with Gasteiger partial charge in [-0.15, -0.1) is 0 Å². The van der Waals surface area contributed by atoms with E-state index in [2.05, 4.69) is 18.8 Å². The highest BCUT2D eigenvalue weighted by molar-refractivity contribution is 5.75. The Morgan fingerprint density at radius 3 is 2.87 bits per heavy atom. The third-order valence-electron chi connectivity index (χ3n) is 6.36. The fourth-order valence-electron chi connectivity index (χ4n) is 5.13. The molecule has 1 spiro atoms. The van der Waals surface area contributed by atoms with E-state index in [1.165, 1.54) is 6.20 Å². The summed E-state index contributed by atoms with van der Waals surface area (Å²) in [6, 6.07) is 9.35. The normalized spacial score (nSPS) is 29.7. The number of pyridine rings is 1. The minimum atomic E-state index is -0.657. The fraction of sp³-hybridized carbons (Fsp3) is 0.478. The molecular formula is C23H26FN3O3. The molecule has 4 atom stereocenters. The van der Waals surface area contributed by atoms with Crippen molar-refractivity contribution in [2.45, 2.75) is 57.0 Å². The van der Waals surface area contributed by atoms with E-state index in [9.17, 15) is 4.39 Å². The molecule has 3 heterocycles. The Morgan fingerprint density at radius 2 is 2.13 bits per heavy atom. The highest BCUT2D eigenvalue weighted by atomic mass is 19.1. The Labute approximate surface area is 175 Å². The van der Waals surface area contributed by atoms with Gasteiger partial charge in [0.1, 0.15) is 24.0 Å². The van der Waals surface area contributed by atoms with Gasteiger partial charge >= 0.3 is 0 Å². The van der Waals surface area contributed by atoms with E-state index in [4.69, 9.17) is 24.9 Å². The molecule has 1 saturated carbocycles. The van der Waals surface area contributed by atoms with Crippen molar-refractivity contribution in [2.75, 3.05) is 6.61 Å². The smallest absolute Gasteiger partial charge is 0.283 e. The van der Waals surface area contributed by atoms with Crippen molar-refractivity contribution in [3.8, 4) is 16.9 Å². The van der Waals surface area contributed by atoms with E-state index in [-0.39, 0.29) is 30.3 Å². The Bertz CT molecular complexity index is 995. The van der Waals surface area contributed by atoms with Crippen LogP contribution in [-0.2, 0) is 15.0 Å². The van der Waals surface area contributed by atoms with Crippen LogP contribution < -0.4 is 10.5 Å². The second kappa shape index (κ2) is 7.23. The van der Waals surface area contributed by atoms with Crippen LogP contribution in [0.3, 0.4) is 0 Å². The van der Waals surface area contributed by atoms with Gasteiger partial charge in [-0.3, -0.25) is 0 Å². The molecule has 6 nitrogen and oxygen atoms in total. The third-order valence-corrected chi connectivity index (χ3v) is 6.36. The molecule has 7 heteroatoms. The molecule has 1 aromatic heterocycles. The second-order valence-corrected chi connectivity index (χ2v) is 8.60. The summed E-state index contributed by atoms with van der Waals surface area (Å²) in [5.74, 6) is 0.321. The van der Waals surface area contributed by atoms with Gasteiger partial charge in [0.05, 0.1) is 12.2 Å². The molecule has 0 bridgehead atoms. The minimum Gasteiger partial charge on any atom is -0.490 e. The van der Waals surface area contributed by atoms with Crippen LogP contribution in [0.5, 0.6) is 5.75 Å². The SMILES string of the molecule is CC(C)O[C@@H]1CC[C@@H]2Oc3ccc(-c4cccnc4F)cc3[C@]3(COC(N)=N3)[C@H]2C1. The lowest BCUT2D eigenvalue weighted by atomic mass is 9.67. The topological polar surface area (TPSA) is 79.0 Å². The van der Waals surface area contributed by atoms with Gasteiger partial charge in [0.2, 0.25) is 5.95 Å². The van der Waals surface area contributed by atoms with Gasteiger partial charge in [-0.1, -0.05) is 6.07 Å². The Morgan fingerprint density at radius 1 is 1.27 bits per heavy atom. The summed E-state index contributed by atoms with van der Waals surface area (Å²) in [6.07, 6.45) is 4.41. The number of halogens is 1. The van der Waals surface area contributed by atoms with Gasteiger partial charge in [0.25, 0.3) is 6.02 Å². The zero-order chi connectivity index (χ0) is 20.9. The van der Waals surface area contributed by atoms with Crippen molar-refractivity contribution in [3.05, 3.63) is 48.0 Å². The highest BCUT2D eigenvalue weighted by Crippen LogP contribution is 2.53. The maximum atomic E-state index is 14.3. The predicted octanol–water partition coefficient (Wildman–Crippen LogP) is 3.78. The molecular weight excluding hydrogens is 385 g/mol. The fourth-order valence-corrected chi connectivity index (χ4v) is 5.13. The van der Waals surface area contributed by atoms with Crippen molar-refractivity contribution in [1.29, 1.82) is 0 Å². The number of rotatable bonds is 3. The van der Waals surface area contributed by atoms with Gasteiger partial charge in [-0.2, -0.15) is 4.39 Å². The molecule has 0 radical (unpaired) electrons. The molecule has 5 rings (SSSR count). The van der Waals surface area contributed by atoms with Crippen LogP contribution >= 0.6 is 0 Å². The standard InChI is InChI=1S/C23H26FN3O3/c1-13(2)29-15-6-8-20-18(11-15)23(12-28-22(25)27-23)17-10-14(5-7-19(17)30-20)16-4-3-9-26-21(16)24/h3-5,7,9-10,13,15,18,20H,6,8,11-12H2,1-2H3,(H2,25,27)/t15-,18+,20+,23-/m1/s1. The zero-order valence-corrected chi connectivity index (χ0v) is 17.2. The predicted molar refractivity (Wildman–Crippen MR) is 111 cm³/mol. The van der Waals surface area contributed by atoms with E-state index in [0.717, 1.165) is 36.1 Å². The third kappa shape index (κ3) is 3.12. The van der Waals surface area contributed by atoms with Gasteiger partial charge in [0.15, 0.2) is 0 Å². The molecule has 2 aromatic rings. The van der Waals surface area contributed by atoms with Gasteiger partial charge in [-0.25, -0.2) is 9.98 Å². The number of ether oxygens (including phenoxy) is 3. The minimum absolute atomic E-state index is 0.0174. The van der Waals surface area contributed by atoms with Crippen molar-refractivity contribution in [2.24, 2.45) is 16.6 Å². The maximum Gasteiger partial charge on any atom is 0.283 e. The lowest BCUT2D eigenvalue weighted by Crippen LogP contribution is -2.52. The number of hydrogen-bond donors (Lipinski definition) is 1. The van der Waals surface area contributed by atoms with Crippen molar-refractivity contribution < 1.29 is 18.6 Å². The number of nitrogens with two attached hydrogens (primary N) is 1. The highest BCUT2D eigenvalue weighted by Gasteiger charge is 2.55. The van der Waals surface area contributed by atoms with E-state index >= 15 is 0 Å². The number of benzene rings is 1. The summed E-state index contributed by atoms with van der Waals surface area (Å²) >= 11 is 0. The Balaban J connectivity index is 1.60. The molecule has 1 aliphatic carbocycles. The van der Waals surface area contributed by atoms with Gasteiger partial charge < -0.3 is 19.9 Å². The van der Waals surface area contributed by atoms with Crippen molar-refractivity contribution >= 4 is 6.02 Å².